The summed E-state index contributed by atoms with van der Waals surface area (Å²) in [6, 6.07) is 9.53. The van der Waals surface area contributed by atoms with Crippen LogP contribution in [0.15, 0.2) is 34.7 Å². The Morgan fingerprint density at radius 3 is 2.62 bits per heavy atom. The van der Waals surface area contributed by atoms with Crippen molar-refractivity contribution in [1.82, 2.24) is 20.1 Å². The lowest BCUT2D eigenvalue weighted by atomic mass is 10.1. The average Bonchev–Trinajstić information content (AvgIpc) is 3.25. The number of hydrogen-bond donors (Lipinski definition) is 0. The SMILES string of the molecule is Cc1nc([C@H](C)N(C)C(=O)CCc2nnc(-c3ccccc3)o2)c(C)s1. The second-order valence-corrected chi connectivity index (χ2v) is 7.63. The quantitative estimate of drug-likeness (QED) is 0.657. The summed E-state index contributed by atoms with van der Waals surface area (Å²) in [7, 11) is 1.81. The summed E-state index contributed by atoms with van der Waals surface area (Å²) in [5.74, 6) is 0.976. The van der Waals surface area contributed by atoms with Gasteiger partial charge >= 0.3 is 0 Å². The van der Waals surface area contributed by atoms with Crippen molar-refractivity contribution in [2.45, 2.75) is 39.7 Å². The summed E-state index contributed by atoms with van der Waals surface area (Å²) < 4.78 is 5.66. The minimum atomic E-state index is -0.0602. The van der Waals surface area contributed by atoms with Crippen molar-refractivity contribution in [3.63, 3.8) is 0 Å². The van der Waals surface area contributed by atoms with E-state index in [2.05, 4.69) is 15.2 Å². The normalized spacial score (nSPS) is 12.2. The smallest absolute Gasteiger partial charge is 0.247 e. The zero-order valence-corrected chi connectivity index (χ0v) is 16.2. The van der Waals surface area contributed by atoms with Gasteiger partial charge in [0.1, 0.15) is 0 Å². The van der Waals surface area contributed by atoms with Gasteiger partial charge in [-0.15, -0.1) is 21.5 Å². The van der Waals surface area contributed by atoms with E-state index in [1.165, 1.54) is 0 Å². The number of amides is 1. The molecule has 0 N–H and O–H groups in total. The Bertz CT molecular complexity index is 888. The Morgan fingerprint density at radius 1 is 1.23 bits per heavy atom. The molecular weight excluding hydrogens is 348 g/mol. The summed E-state index contributed by atoms with van der Waals surface area (Å²) in [6.45, 7) is 6.02. The molecule has 0 spiro atoms. The highest BCUT2D eigenvalue weighted by Gasteiger charge is 2.22. The number of rotatable bonds is 6. The maximum Gasteiger partial charge on any atom is 0.247 e. The van der Waals surface area contributed by atoms with Gasteiger partial charge in [-0.25, -0.2) is 4.98 Å². The van der Waals surface area contributed by atoms with Crippen LogP contribution < -0.4 is 0 Å². The van der Waals surface area contributed by atoms with Crippen molar-refractivity contribution in [3.05, 3.63) is 51.8 Å². The molecule has 1 atom stereocenters. The highest BCUT2D eigenvalue weighted by atomic mass is 32.1. The fraction of sp³-hybridized carbons (Fsp3) is 0.368. The summed E-state index contributed by atoms with van der Waals surface area (Å²) in [5, 5.41) is 9.12. The van der Waals surface area contributed by atoms with Gasteiger partial charge in [-0.05, 0) is 32.9 Å². The number of aromatic nitrogens is 3. The number of aryl methyl sites for hydroxylation is 3. The molecule has 0 fully saturated rings. The molecule has 0 unspecified atom stereocenters. The molecule has 0 aliphatic carbocycles. The topological polar surface area (TPSA) is 72.1 Å². The lowest BCUT2D eigenvalue weighted by Gasteiger charge is -2.24. The van der Waals surface area contributed by atoms with Crippen LogP contribution in [0.2, 0.25) is 0 Å². The van der Waals surface area contributed by atoms with E-state index in [1.807, 2.05) is 58.2 Å². The minimum Gasteiger partial charge on any atom is -0.421 e. The largest absolute Gasteiger partial charge is 0.421 e. The fourth-order valence-corrected chi connectivity index (χ4v) is 3.68. The van der Waals surface area contributed by atoms with E-state index >= 15 is 0 Å². The van der Waals surface area contributed by atoms with E-state index < -0.39 is 0 Å². The number of hydrogen-bond acceptors (Lipinski definition) is 6. The molecule has 0 saturated carbocycles. The van der Waals surface area contributed by atoms with Crippen molar-refractivity contribution in [3.8, 4) is 11.5 Å². The van der Waals surface area contributed by atoms with Crippen LogP contribution in [0.4, 0.5) is 0 Å². The Morgan fingerprint density at radius 2 is 1.96 bits per heavy atom. The molecular formula is C19H22N4O2S. The van der Waals surface area contributed by atoms with Crippen molar-refractivity contribution in [2.75, 3.05) is 7.05 Å². The van der Waals surface area contributed by atoms with E-state index in [1.54, 1.807) is 16.2 Å². The minimum absolute atomic E-state index is 0.0296. The number of carbonyl (C=O) groups excluding carboxylic acids is 1. The molecule has 0 aliphatic heterocycles. The van der Waals surface area contributed by atoms with Crippen LogP contribution in [0.1, 0.15) is 40.9 Å². The molecule has 26 heavy (non-hydrogen) atoms. The molecule has 1 aromatic carbocycles. The number of benzene rings is 1. The van der Waals surface area contributed by atoms with Gasteiger partial charge in [-0.3, -0.25) is 4.79 Å². The van der Waals surface area contributed by atoms with Gasteiger partial charge in [0.2, 0.25) is 17.7 Å². The van der Waals surface area contributed by atoms with Crippen LogP contribution in [0.3, 0.4) is 0 Å². The van der Waals surface area contributed by atoms with Crippen molar-refractivity contribution in [1.29, 1.82) is 0 Å². The van der Waals surface area contributed by atoms with Gasteiger partial charge in [0.25, 0.3) is 0 Å². The van der Waals surface area contributed by atoms with Crippen LogP contribution in [0.5, 0.6) is 0 Å². The summed E-state index contributed by atoms with van der Waals surface area (Å²) in [5.41, 5.74) is 1.84. The molecule has 2 heterocycles. The third kappa shape index (κ3) is 3.99. The van der Waals surface area contributed by atoms with Gasteiger partial charge in [-0.2, -0.15) is 0 Å². The maximum atomic E-state index is 12.5. The van der Waals surface area contributed by atoms with Gasteiger partial charge in [0.05, 0.1) is 16.7 Å². The van der Waals surface area contributed by atoms with Crippen LogP contribution >= 0.6 is 11.3 Å². The van der Waals surface area contributed by atoms with Gasteiger partial charge in [-0.1, -0.05) is 18.2 Å². The van der Waals surface area contributed by atoms with Crippen molar-refractivity contribution >= 4 is 17.2 Å². The Kier molecular flexibility index (Phi) is 5.46. The first-order chi connectivity index (χ1) is 12.5. The van der Waals surface area contributed by atoms with Crippen molar-refractivity contribution in [2.24, 2.45) is 0 Å². The molecule has 1 amide bonds. The highest BCUT2D eigenvalue weighted by Crippen LogP contribution is 2.26. The van der Waals surface area contributed by atoms with Crippen molar-refractivity contribution < 1.29 is 9.21 Å². The first-order valence-corrected chi connectivity index (χ1v) is 9.34. The molecule has 7 heteroatoms. The molecule has 3 rings (SSSR count). The molecule has 6 nitrogen and oxygen atoms in total. The summed E-state index contributed by atoms with van der Waals surface area (Å²) in [6.07, 6.45) is 0.740. The van der Waals surface area contributed by atoms with Crippen LogP contribution in [0, 0.1) is 13.8 Å². The molecule has 0 aliphatic rings. The van der Waals surface area contributed by atoms with Gasteiger partial charge in [0, 0.05) is 30.3 Å². The Labute approximate surface area is 156 Å². The van der Waals surface area contributed by atoms with E-state index in [0.717, 1.165) is 21.1 Å². The third-order valence-corrected chi connectivity index (χ3v) is 5.25. The predicted molar refractivity (Wildman–Crippen MR) is 101 cm³/mol. The predicted octanol–water partition coefficient (Wildman–Crippen LogP) is 3.96. The average molecular weight is 370 g/mol. The molecule has 3 aromatic rings. The lowest BCUT2D eigenvalue weighted by Crippen LogP contribution is -2.30. The highest BCUT2D eigenvalue weighted by molar-refractivity contribution is 7.11. The van der Waals surface area contributed by atoms with Gasteiger partial charge in [0.15, 0.2) is 0 Å². The van der Waals surface area contributed by atoms with Crippen LogP contribution in [-0.2, 0) is 11.2 Å². The monoisotopic (exact) mass is 370 g/mol. The molecule has 0 bridgehead atoms. The zero-order valence-electron chi connectivity index (χ0n) is 15.4. The second-order valence-electron chi connectivity index (χ2n) is 6.22. The molecule has 2 aromatic heterocycles. The first-order valence-electron chi connectivity index (χ1n) is 8.53. The fourth-order valence-electron chi connectivity index (χ4n) is 2.77. The number of nitrogens with zero attached hydrogens (tertiary/aromatic N) is 4. The number of carbonyl (C=O) groups is 1. The van der Waals surface area contributed by atoms with E-state index in [4.69, 9.17) is 4.42 Å². The zero-order chi connectivity index (χ0) is 18.7. The number of thiazole rings is 1. The summed E-state index contributed by atoms with van der Waals surface area (Å²) in [4.78, 5) is 20.0. The van der Waals surface area contributed by atoms with Crippen LogP contribution in [-0.4, -0.2) is 33.0 Å². The molecule has 0 saturated heterocycles. The first kappa shape index (κ1) is 18.3. The van der Waals surface area contributed by atoms with E-state index in [9.17, 15) is 4.79 Å². The third-order valence-electron chi connectivity index (χ3n) is 4.35. The Hall–Kier alpha value is -2.54. The standard InChI is InChI=1S/C19H22N4O2S/c1-12(18-13(2)26-14(3)20-18)23(4)17(24)11-10-16-21-22-19(25-16)15-8-6-5-7-9-15/h5-9,12H,10-11H2,1-4H3/t12-/m0/s1. The second kappa shape index (κ2) is 7.78. The van der Waals surface area contributed by atoms with Gasteiger partial charge < -0.3 is 9.32 Å². The Balaban J connectivity index is 1.60. The molecule has 136 valence electrons. The lowest BCUT2D eigenvalue weighted by molar-refractivity contribution is -0.131. The van der Waals surface area contributed by atoms with Crippen LogP contribution in [0.25, 0.3) is 11.5 Å². The van der Waals surface area contributed by atoms with E-state index in [0.29, 0.717) is 24.6 Å². The summed E-state index contributed by atoms with van der Waals surface area (Å²) >= 11 is 1.66. The maximum absolute atomic E-state index is 12.5. The van der Waals surface area contributed by atoms with E-state index in [-0.39, 0.29) is 11.9 Å². The molecule has 0 radical (unpaired) electrons.